The van der Waals surface area contributed by atoms with Gasteiger partial charge in [0.05, 0.1) is 5.69 Å². The van der Waals surface area contributed by atoms with Crippen LogP contribution in [0.2, 0.25) is 0 Å². The molecule has 2 rings (SSSR count). The van der Waals surface area contributed by atoms with Crippen LogP contribution in [0.4, 0.5) is 0 Å². The lowest BCUT2D eigenvalue weighted by Gasteiger charge is -2.05. The molecule has 0 saturated heterocycles. The predicted octanol–water partition coefficient (Wildman–Crippen LogP) is 3.64. The van der Waals surface area contributed by atoms with Gasteiger partial charge in [-0.3, -0.25) is 4.98 Å². The fourth-order valence-electron chi connectivity index (χ4n) is 1.74. The molecular formula is C13H16N2O. The average molecular weight is 216 g/mol. The van der Waals surface area contributed by atoms with Crippen LogP contribution in [-0.4, -0.2) is 9.97 Å². The maximum absolute atomic E-state index is 5.51. The van der Waals surface area contributed by atoms with Crippen molar-refractivity contribution in [3.05, 3.63) is 36.5 Å². The van der Waals surface area contributed by atoms with E-state index in [9.17, 15) is 0 Å². The first-order valence-electron chi connectivity index (χ1n) is 5.72. The van der Waals surface area contributed by atoms with E-state index in [0.717, 1.165) is 30.1 Å². The summed E-state index contributed by atoms with van der Waals surface area (Å²) in [5, 5.41) is 0. The molecule has 0 amide bonds. The lowest BCUT2D eigenvalue weighted by molar-refractivity contribution is 0.431. The van der Waals surface area contributed by atoms with Crippen molar-refractivity contribution >= 4 is 0 Å². The van der Waals surface area contributed by atoms with Gasteiger partial charge in [0, 0.05) is 12.1 Å². The molecule has 2 heterocycles. The van der Waals surface area contributed by atoms with Gasteiger partial charge in [-0.2, -0.15) is 0 Å². The molecule has 0 aliphatic carbocycles. The van der Waals surface area contributed by atoms with E-state index in [0.29, 0.717) is 5.92 Å². The first kappa shape index (κ1) is 10.9. The van der Waals surface area contributed by atoms with Crippen molar-refractivity contribution in [3.63, 3.8) is 0 Å². The van der Waals surface area contributed by atoms with E-state index < -0.39 is 0 Å². The molecule has 0 atom stereocenters. The molecule has 0 aliphatic heterocycles. The Labute approximate surface area is 95.5 Å². The van der Waals surface area contributed by atoms with E-state index in [4.69, 9.17) is 4.42 Å². The second-order valence-electron chi connectivity index (χ2n) is 3.80. The van der Waals surface area contributed by atoms with Crippen molar-refractivity contribution in [2.24, 2.45) is 0 Å². The molecule has 0 radical (unpaired) electrons. The van der Waals surface area contributed by atoms with Gasteiger partial charge < -0.3 is 4.42 Å². The van der Waals surface area contributed by atoms with E-state index in [2.05, 4.69) is 23.8 Å². The molecule has 0 aliphatic rings. The summed E-state index contributed by atoms with van der Waals surface area (Å²) in [6, 6.07) is 5.79. The van der Waals surface area contributed by atoms with Gasteiger partial charge >= 0.3 is 0 Å². The molecule has 2 aromatic rings. The van der Waals surface area contributed by atoms with Gasteiger partial charge in [0.1, 0.15) is 12.0 Å². The van der Waals surface area contributed by atoms with Crippen molar-refractivity contribution in [1.82, 2.24) is 9.97 Å². The highest BCUT2D eigenvalue weighted by atomic mass is 16.3. The monoisotopic (exact) mass is 216 g/mol. The molecule has 2 aromatic heterocycles. The smallest absolute Gasteiger partial charge is 0.197 e. The third-order valence-electron chi connectivity index (χ3n) is 2.78. The number of rotatable bonds is 4. The maximum Gasteiger partial charge on any atom is 0.197 e. The molecule has 0 unspecified atom stereocenters. The largest absolute Gasteiger partial charge is 0.448 e. The van der Waals surface area contributed by atoms with Gasteiger partial charge in [-0.15, -0.1) is 0 Å². The van der Waals surface area contributed by atoms with Crippen LogP contribution in [0, 0.1) is 0 Å². The second kappa shape index (κ2) is 4.92. The summed E-state index contributed by atoms with van der Waals surface area (Å²) in [7, 11) is 0. The zero-order valence-electron chi connectivity index (χ0n) is 9.68. The van der Waals surface area contributed by atoms with Gasteiger partial charge in [-0.1, -0.05) is 19.9 Å². The van der Waals surface area contributed by atoms with Crippen molar-refractivity contribution in [2.45, 2.75) is 32.6 Å². The van der Waals surface area contributed by atoms with E-state index in [-0.39, 0.29) is 0 Å². The standard InChI is InChI=1S/C13H16N2O/c1-3-10(4-2)13-15-12(9-16-13)11-7-5-6-8-14-11/h5-10H,3-4H2,1-2H3. The summed E-state index contributed by atoms with van der Waals surface area (Å²) in [6.45, 7) is 4.30. The van der Waals surface area contributed by atoms with Crippen molar-refractivity contribution in [1.29, 1.82) is 0 Å². The van der Waals surface area contributed by atoms with Crippen LogP contribution in [0.25, 0.3) is 11.4 Å². The van der Waals surface area contributed by atoms with Gasteiger partial charge in [0.15, 0.2) is 5.89 Å². The van der Waals surface area contributed by atoms with Crippen LogP contribution in [0.1, 0.15) is 38.5 Å². The van der Waals surface area contributed by atoms with E-state index >= 15 is 0 Å². The van der Waals surface area contributed by atoms with E-state index in [1.807, 2.05) is 18.2 Å². The zero-order chi connectivity index (χ0) is 11.4. The first-order chi connectivity index (χ1) is 7.85. The molecule has 0 spiro atoms. The summed E-state index contributed by atoms with van der Waals surface area (Å²) < 4.78 is 5.51. The topological polar surface area (TPSA) is 38.9 Å². The second-order valence-corrected chi connectivity index (χ2v) is 3.80. The Morgan fingerprint density at radius 2 is 2.00 bits per heavy atom. The third kappa shape index (κ3) is 2.13. The fourth-order valence-corrected chi connectivity index (χ4v) is 1.74. The lowest BCUT2D eigenvalue weighted by atomic mass is 10.0. The van der Waals surface area contributed by atoms with Crippen molar-refractivity contribution < 1.29 is 4.42 Å². The Hall–Kier alpha value is -1.64. The maximum atomic E-state index is 5.51. The number of nitrogens with zero attached hydrogens (tertiary/aromatic N) is 2. The molecule has 0 bridgehead atoms. The van der Waals surface area contributed by atoms with Crippen molar-refractivity contribution in [3.8, 4) is 11.4 Å². The number of hydrogen-bond acceptors (Lipinski definition) is 3. The van der Waals surface area contributed by atoms with Crippen LogP contribution >= 0.6 is 0 Å². The molecule has 84 valence electrons. The van der Waals surface area contributed by atoms with Crippen LogP contribution in [-0.2, 0) is 0 Å². The van der Waals surface area contributed by atoms with Gasteiger partial charge in [-0.25, -0.2) is 4.98 Å². The highest BCUT2D eigenvalue weighted by molar-refractivity contribution is 5.51. The zero-order valence-corrected chi connectivity index (χ0v) is 9.68. The minimum Gasteiger partial charge on any atom is -0.448 e. The molecule has 3 nitrogen and oxygen atoms in total. The number of oxazole rings is 1. The number of pyridine rings is 1. The minimum absolute atomic E-state index is 0.414. The fraction of sp³-hybridized carbons (Fsp3) is 0.385. The SMILES string of the molecule is CCC(CC)c1nc(-c2ccccn2)co1. The normalized spacial score (nSPS) is 10.9. The molecule has 0 fully saturated rings. The lowest BCUT2D eigenvalue weighted by Crippen LogP contribution is -1.95. The Morgan fingerprint density at radius 3 is 2.62 bits per heavy atom. The van der Waals surface area contributed by atoms with Crippen LogP contribution in [0.5, 0.6) is 0 Å². The van der Waals surface area contributed by atoms with Crippen LogP contribution < -0.4 is 0 Å². The molecule has 0 saturated carbocycles. The van der Waals surface area contributed by atoms with E-state index in [1.54, 1.807) is 12.5 Å². The average Bonchev–Trinajstić information content (AvgIpc) is 2.81. The summed E-state index contributed by atoms with van der Waals surface area (Å²) in [5.41, 5.74) is 1.69. The Balaban J connectivity index is 2.26. The highest BCUT2D eigenvalue weighted by Crippen LogP contribution is 2.25. The molecule has 0 aromatic carbocycles. The number of hydrogen-bond donors (Lipinski definition) is 0. The minimum atomic E-state index is 0.414. The molecular weight excluding hydrogens is 200 g/mol. The molecule has 0 N–H and O–H groups in total. The van der Waals surface area contributed by atoms with Gasteiger partial charge in [0.25, 0.3) is 0 Å². The summed E-state index contributed by atoms with van der Waals surface area (Å²) in [4.78, 5) is 8.74. The first-order valence-corrected chi connectivity index (χ1v) is 5.72. The Bertz CT molecular complexity index is 432. The summed E-state index contributed by atoms with van der Waals surface area (Å²) >= 11 is 0. The summed E-state index contributed by atoms with van der Waals surface area (Å²) in [6.07, 6.45) is 5.56. The van der Waals surface area contributed by atoms with Crippen LogP contribution in [0.15, 0.2) is 35.1 Å². The summed E-state index contributed by atoms with van der Waals surface area (Å²) in [5.74, 6) is 1.24. The Morgan fingerprint density at radius 1 is 1.19 bits per heavy atom. The van der Waals surface area contributed by atoms with Gasteiger partial charge in [0.2, 0.25) is 0 Å². The highest BCUT2D eigenvalue weighted by Gasteiger charge is 2.14. The number of aromatic nitrogens is 2. The van der Waals surface area contributed by atoms with E-state index in [1.165, 1.54) is 0 Å². The third-order valence-corrected chi connectivity index (χ3v) is 2.78. The molecule has 16 heavy (non-hydrogen) atoms. The quantitative estimate of drug-likeness (QED) is 0.783. The van der Waals surface area contributed by atoms with Gasteiger partial charge in [-0.05, 0) is 25.0 Å². The van der Waals surface area contributed by atoms with Crippen LogP contribution in [0.3, 0.4) is 0 Å². The van der Waals surface area contributed by atoms with Crippen molar-refractivity contribution in [2.75, 3.05) is 0 Å². The predicted molar refractivity (Wildman–Crippen MR) is 63.1 cm³/mol. The Kier molecular flexibility index (Phi) is 3.34. The molecule has 3 heteroatoms.